The third-order valence-corrected chi connectivity index (χ3v) is 3.14. The lowest BCUT2D eigenvalue weighted by Crippen LogP contribution is -2.42. The van der Waals surface area contributed by atoms with Crippen molar-refractivity contribution in [1.29, 1.82) is 0 Å². The van der Waals surface area contributed by atoms with Gasteiger partial charge in [-0.1, -0.05) is 19.1 Å². The molecule has 1 rings (SSSR count). The van der Waals surface area contributed by atoms with Crippen molar-refractivity contribution in [3.8, 4) is 0 Å². The minimum atomic E-state index is -0.166. The molecule has 4 heteroatoms. The van der Waals surface area contributed by atoms with Gasteiger partial charge in [-0.15, -0.1) is 0 Å². The molecule has 2 amide bonds. The Hall–Kier alpha value is -1.84. The van der Waals surface area contributed by atoms with Crippen molar-refractivity contribution in [2.75, 3.05) is 11.9 Å². The van der Waals surface area contributed by atoms with Crippen molar-refractivity contribution in [1.82, 2.24) is 4.90 Å². The van der Waals surface area contributed by atoms with Gasteiger partial charge in [-0.05, 0) is 38.0 Å². The summed E-state index contributed by atoms with van der Waals surface area (Å²) in [7, 11) is 0. The smallest absolute Gasteiger partial charge is 0.244 e. The summed E-state index contributed by atoms with van der Waals surface area (Å²) in [5, 5.41) is 2.81. The van der Waals surface area contributed by atoms with Crippen LogP contribution in [-0.4, -0.2) is 29.3 Å². The molecule has 0 aromatic heterocycles. The summed E-state index contributed by atoms with van der Waals surface area (Å²) in [6.45, 7) is 7.50. The summed E-state index contributed by atoms with van der Waals surface area (Å²) in [4.78, 5) is 25.1. The van der Waals surface area contributed by atoms with Crippen molar-refractivity contribution in [2.24, 2.45) is 0 Å². The highest BCUT2D eigenvalue weighted by Crippen LogP contribution is 2.10. The summed E-state index contributed by atoms with van der Waals surface area (Å²) in [5.41, 5.74) is 1.85. The number of benzene rings is 1. The number of aryl methyl sites for hydroxylation is 1. The Bertz CT molecular complexity index is 457. The first-order valence-electron chi connectivity index (χ1n) is 6.57. The average molecular weight is 262 g/mol. The molecule has 1 unspecified atom stereocenters. The number of nitrogens with zero attached hydrogens (tertiary/aromatic N) is 1. The van der Waals surface area contributed by atoms with Crippen LogP contribution in [0.1, 0.15) is 32.8 Å². The molecule has 0 fully saturated rings. The number of rotatable bonds is 5. The van der Waals surface area contributed by atoms with Gasteiger partial charge in [0.15, 0.2) is 0 Å². The van der Waals surface area contributed by atoms with Crippen LogP contribution in [0.4, 0.5) is 5.69 Å². The lowest BCUT2D eigenvalue weighted by molar-refractivity contribution is -0.134. The van der Waals surface area contributed by atoms with Gasteiger partial charge >= 0.3 is 0 Å². The zero-order valence-electron chi connectivity index (χ0n) is 12.1. The summed E-state index contributed by atoms with van der Waals surface area (Å²) in [6.07, 6.45) is 0.831. The standard InChI is InChI=1S/C15H22N2O2/c1-5-12(3)17(13(4)18)10-15(19)16-14-8-6-7-11(2)9-14/h6-9,12H,5,10H2,1-4H3,(H,16,19). The van der Waals surface area contributed by atoms with Crippen LogP contribution in [-0.2, 0) is 9.59 Å². The van der Waals surface area contributed by atoms with E-state index in [1.807, 2.05) is 45.0 Å². The molecule has 0 aliphatic heterocycles. The second-order valence-electron chi connectivity index (χ2n) is 4.82. The SMILES string of the molecule is CCC(C)N(CC(=O)Nc1cccc(C)c1)C(C)=O. The topological polar surface area (TPSA) is 49.4 Å². The number of carbonyl (C=O) groups excluding carboxylic acids is 2. The van der Waals surface area contributed by atoms with E-state index in [9.17, 15) is 9.59 Å². The number of amides is 2. The molecule has 0 saturated carbocycles. The van der Waals surface area contributed by atoms with Gasteiger partial charge in [-0.2, -0.15) is 0 Å². The molecule has 1 aromatic carbocycles. The Morgan fingerprint density at radius 3 is 2.58 bits per heavy atom. The van der Waals surface area contributed by atoms with Crippen LogP contribution in [0.25, 0.3) is 0 Å². The highest BCUT2D eigenvalue weighted by atomic mass is 16.2. The molecular formula is C15H22N2O2. The van der Waals surface area contributed by atoms with Crippen molar-refractivity contribution < 1.29 is 9.59 Å². The molecule has 104 valence electrons. The molecule has 0 bridgehead atoms. The van der Waals surface area contributed by atoms with E-state index < -0.39 is 0 Å². The van der Waals surface area contributed by atoms with E-state index >= 15 is 0 Å². The maximum Gasteiger partial charge on any atom is 0.244 e. The number of anilines is 1. The van der Waals surface area contributed by atoms with Crippen molar-refractivity contribution in [3.05, 3.63) is 29.8 Å². The largest absolute Gasteiger partial charge is 0.331 e. The van der Waals surface area contributed by atoms with Crippen LogP contribution in [0.15, 0.2) is 24.3 Å². The van der Waals surface area contributed by atoms with E-state index in [2.05, 4.69) is 5.32 Å². The molecule has 4 nitrogen and oxygen atoms in total. The fourth-order valence-electron chi connectivity index (χ4n) is 1.88. The van der Waals surface area contributed by atoms with Crippen LogP contribution in [0.5, 0.6) is 0 Å². The first-order chi connectivity index (χ1) is 8.93. The molecular weight excluding hydrogens is 240 g/mol. The van der Waals surface area contributed by atoms with Gasteiger partial charge in [-0.3, -0.25) is 9.59 Å². The molecule has 0 spiro atoms. The third kappa shape index (κ3) is 4.73. The third-order valence-electron chi connectivity index (χ3n) is 3.14. The predicted octanol–water partition coefficient (Wildman–Crippen LogP) is 2.58. The molecule has 1 aromatic rings. The van der Waals surface area contributed by atoms with Crippen molar-refractivity contribution >= 4 is 17.5 Å². The van der Waals surface area contributed by atoms with Gasteiger partial charge < -0.3 is 10.2 Å². The summed E-state index contributed by atoms with van der Waals surface area (Å²) >= 11 is 0. The van der Waals surface area contributed by atoms with Crippen LogP contribution < -0.4 is 5.32 Å². The minimum Gasteiger partial charge on any atom is -0.331 e. The van der Waals surface area contributed by atoms with Crippen molar-refractivity contribution in [3.63, 3.8) is 0 Å². The van der Waals surface area contributed by atoms with E-state index in [0.717, 1.165) is 17.7 Å². The van der Waals surface area contributed by atoms with Gasteiger partial charge in [0, 0.05) is 18.7 Å². The normalized spacial score (nSPS) is 11.8. The first kappa shape index (κ1) is 15.2. The van der Waals surface area contributed by atoms with Gasteiger partial charge in [0.1, 0.15) is 6.54 Å². The lowest BCUT2D eigenvalue weighted by Gasteiger charge is -2.26. The summed E-state index contributed by atoms with van der Waals surface area (Å²) < 4.78 is 0. The fraction of sp³-hybridized carbons (Fsp3) is 0.467. The quantitative estimate of drug-likeness (QED) is 0.886. The highest BCUT2D eigenvalue weighted by Gasteiger charge is 2.18. The Morgan fingerprint density at radius 1 is 1.37 bits per heavy atom. The van der Waals surface area contributed by atoms with E-state index in [1.54, 1.807) is 4.90 Å². The monoisotopic (exact) mass is 262 g/mol. The second-order valence-corrected chi connectivity index (χ2v) is 4.82. The molecule has 19 heavy (non-hydrogen) atoms. The summed E-state index contributed by atoms with van der Waals surface area (Å²) in [5.74, 6) is -0.241. The molecule has 1 atom stereocenters. The maximum atomic E-state index is 12.0. The molecule has 0 heterocycles. The van der Waals surface area contributed by atoms with E-state index in [4.69, 9.17) is 0 Å². The van der Waals surface area contributed by atoms with Crippen LogP contribution in [0.3, 0.4) is 0 Å². The number of nitrogens with one attached hydrogen (secondary N) is 1. The highest BCUT2D eigenvalue weighted by molar-refractivity contribution is 5.94. The zero-order chi connectivity index (χ0) is 14.4. The fourth-order valence-corrected chi connectivity index (χ4v) is 1.88. The van der Waals surface area contributed by atoms with Crippen LogP contribution >= 0.6 is 0 Å². The lowest BCUT2D eigenvalue weighted by atomic mass is 10.2. The van der Waals surface area contributed by atoms with Gasteiger partial charge in [0.25, 0.3) is 0 Å². The maximum absolute atomic E-state index is 12.0. The Morgan fingerprint density at radius 2 is 2.05 bits per heavy atom. The Kier molecular flexibility index (Phi) is 5.55. The second kappa shape index (κ2) is 6.92. The first-order valence-corrected chi connectivity index (χ1v) is 6.57. The van der Waals surface area contributed by atoms with E-state index in [-0.39, 0.29) is 24.4 Å². The molecule has 1 N–H and O–H groups in total. The van der Waals surface area contributed by atoms with E-state index in [0.29, 0.717) is 0 Å². The average Bonchev–Trinajstić information content (AvgIpc) is 2.34. The number of carbonyl (C=O) groups is 2. The predicted molar refractivity (Wildman–Crippen MR) is 76.9 cm³/mol. The van der Waals surface area contributed by atoms with Crippen LogP contribution in [0, 0.1) is 6.92 Å². The van der Waals surface area contributed by atoms with Crippen molar-refractivity contribution in [2.45, 2.75) is 40.2 Å². The minimum absolute atomic E-state index is 0.0701. The zero-order valence-corrected chi connectivity index (χ0v) is 12.1. The van der Waals surface area contributed by atoms with Gasteiger partial charge in [-0.25, -0.2) is 0 Å². The Labute approximate surface area is 114 Å². The summed E-state index contributed by atoms with van der Waals surface area (Å²) in [6, 6.07) is 7.67. The van der Waals surface area contributed by atoms with Crippen LogP contribution in [0.2, 0.25) is 0 Å². The molecule has 0 aliphatic carbocycles. The van der Waals surface area contributed by atoms with Gasteiger partial charge in [0.2, 0.25) is 11.8 Å². The van der Waals surface area contributed by atoms with Gasteiger partial charge in [0.05, 0.1) is 0 Å². The number of hydrogen-bond donors (Lipinski definition) is 1. The molecule has 0 aliphatic rings. The van der Waals surface area contributed by atoms with E-state index in [1.165, 1.54) is 6.92 Å². The molecule has 0 radical (unpaired) electrons. The molecule has 0 saturated heterocycles. The Balaban J connectivity index is 2.65. The number of hydrogen-bond acceptors (Lipinski definition) is 2.